The van der Waals surface area contributed by atoms with Gasteiger partial charge in [0.1, 0.15) is 5.75 Å². The van der Waals surface area contributed by atoms with Crippen molar-refractivity contribution < 1.29 is 22.3 Å². The fourth-order valence-electron chi connectivity index (χ4n) is 2.37. The predicted octanol–water partition coefficient (Wildman–Crippen LogP) is 3.21. The fraction of sp³-hybridized carbons (Fsp3) is 0.444. The van der Waals surface area contributed by atoms with Gasteiger partial charge in [0.15, 0.2) is 0 Å². The van der Waals surface area contributed by atoms with E-state index < -0.39 is 10.0 Å². The Morgan fingerprint density at radius 1 is 1.20 bits per heavy atom. The third-order valence-corrected chi connectivity index (χ3v) is 5.57. The van der Waals surface area contributed by atoms with Gasteiger partial charge in [-0.1, -0.05) is 6.92 Å². The van der Waals surface area contributed by atoms with E-state index in [9.17, 15) is 8.42 Å². The molecule has 0 fully saturated rings. The van der Waals surface area contributed by atoms with Gasteiger partial charge in [0, 0.05) is 25.8 Å². The molecule has 25 heavy (non-hydrogen) atoms. The van der Waals surface area contributed by atoms with Crippen LogP contribution in [0.5, 0.6) is 5.75 Å². The van der Waals surface area contributed by atoms with Crippen molar-refractivity contribution in [3.63, 3.8) is 0 Å². The highest BCUT2D eigenvalue weighted by Gasteiger charge is 2.25. The zero-order valence-corrected chi connectivity index (χ0v) is 15.7. The van der Waals surface area contributed by atoms with Crippen LogP contribution in [0.4, 0.5) is 0 Å². The van der Waals surface area contributed by atoms with Crippen LogP contribution in [0.3, 0.4) is 0 Å². The number of methoxy groups -OCH3 is 1. The molecule has 1 heterocycles. The fourth-order valence-corrected chi connectivity index (χ4v) is 3.87. The van der Waals surface area contributed by atoms with Gasteiger partial charge in [-0.25, -0.2) is 8.42 Å². The average molecular weight is 367 g/mol. The lowest BCUT2D eigenvalue weighted by Crippen LogP contribution is -2.33. The Balaban J connectivity index is 2.27. The summed E-state index contributed by atoms with van der Waals surface area (Å²) in [5, 5.41) is 0. The summed E-state index contributed by atoms with van der Waals surface area (Å²) >= 11 is 0. The quantitative estimate of drug-likeness (QED) is 0.645. The number of aryl methyl sites for hydroxylation is 1. The normalized spacial score (nSPS) is 11.8. The van der Waals surface area contributed by atoms with Crippen molar-refractivity contribution in [2.24, 2.45) is 0 Å². The summed E-state index contributed by atoms with van der Waals surface area (Å²) in [5.74, 6) is 0.707. The Bertz CT molecular complexity index is 756. The highest BCUT2D eigenvalue weighted by Crippen LogP contribution is 2.25. The standard InChI is InChI=1S/C18H25NO5S/c1-4-9-24-18-6-5-17(12-15(18)2)25(20,21)19(8-11-22-3)13-16-7-10-23-14-16/h5-7,10,12,14H,4,8-9,11,13H2,1-3H3. The molecule has 0 N–H and O–H groups in total. The summed E-state index contributed by atoms with van der Waals surface area (Å²) in [4.78, 5) is 0.244. The van der Waals surface area contributed by atoms with Gasteiger partial charge in [0.25, 0.3) is 0 Å². The summed E-state index contributed by atoms with van der Waals surface area (Å²) in [7, 11) is -2.10. The van der Waals surface area contributed by atoms with Crippen LogP contribution in [0.25, 0.3) is 0 Å². The van der Waals surface area contributed by atoms with Gasteiger partial charge >= 0.3 is 0 Å². The van der Waals surface area contributed by atoms with E-state index in [0.717, 1.165) is 17.5 Å². The van der Waals surface area contributed by atoms with E-state index in [0.29, 0.717) is 19.0 Å². The molecule has 138 valence electrons. The molecule has 0 saturated carbocycles. The highest BCUT2D eigenvalue weighted by atomic mass is 32.2. The Hall–Kier alpha value is -1.83. The van der Waals surface area contributed by atoms with Crippen molar-refractivity contribution >= 4 is 10.0 Å². The number of furan rings is 1. The first-order valence-electron chi connectivity index (χ1n) is 8.22. The first kappa shape index (κ1) is 19.5. The molecule has 1 aromatic heterocycles. The summed E-state index contributed by atoms with van der Waals surface area (Å²) < 4.78 is 43.2. The Labute approximate surface area is 149 Å². The summed E-state index contributed by atoms with van der Waals surface area (Å²) in [6.07, 6.45) is 3.97. The Morgan fingerprint density at radius 3 is 2.60 bits per heavy atom. The van der Waals surface area contributed by atoms with Crippen LogP contribution < -0.4 is 4.74 Å². The number of nitrogens with zero attached hydrogens (tertiary/aromatic N) is 1. The van der Waals surface area contributed by atoms with Crippen LogP contribution in [0.2, 0.25) is 0 Å². The molecule has 6 nitrogen and oxygen atoms in total. The molecule has 2 aromatic rings. The maximum atomic E-state index is 13.0. The van der Waals surface area contributed by atoms with E-state index in [4.69, 9.17) is 13.9 Å². The SMILES string of the molecule is CCCOc1ccc(S(=O)(=O)N(CCOC)Cc2ccoc2)cc1C. The highest BCUT2D eigenvalue weighted by molar-refractivity contribution is 7.89. The van der Waals surface area contributed by atoms with Gasteiger partial charge in [-0.15, -0.1) is 0 Å². The van der Waals surface area contributed by atoms with E-state index in [1.54, 1.807) is 37.6 Å². The minimum absolute atomic E-state index is 0.231. The zero-order valence-electron chi connectivity index (χ0n) is 14.9. The van der Waals surface area contributed by atoms with Gasteiger partial charge in [-0.3, -0.25) is 0 Å². The first-order chi connectivity index (χ1) is 12.0. The molecule has 0 spiro atoms. The molecule has 0 amide bonds. The minimum Gasteiger partial charge on any atom is -0.493 e. The number of rotatable bonds is 10. The van der Waals surface area contributed by atoms with E-state index in [2.05, 4.69) is 0 Å². The second kappa shape index (κ2) is 9.03. The van der Waals surface area contributed by atoms with E-state index in [1.807, 2.05) is 13.8 Å². The maximum Gasteiger partial charge on any atom is 0.243 e. The molecule has 0 aliphatic carbocycles. The molecule has 0 unspecified atom stereocenters. The largest absolute Gasteiger partial charge is 0.493 e. The van der Waals surface area contributed by atoms with Crippen molar-refractivity contribution in [1.29, 1.82) is 0 Å². The van der Waals surface area contributed by atoms with Crippen LogP contribution in [0.1, 0.15) is 24.5 Å². The van der Waals surface area contributed by atoms with Gasteiger partial charge in [-0.2, -0.15) is 4.31 Å². The van der Waals surface area contributed by atoms with E-state index in [-0.39, 0.29) is 18.0 Å². The summed E-state index contributed by atoms with van der Waals surface area (Å²) in [5.41, 5.74) is 1.59. The molecule has 2 rings (SSSR count). The molecular weight excluding hydrogens is 342 g/mol. The zero-order chi connectivity index (χ0) is 18.3. The van der Waals surface area contributed by atoms with Crippen molar-refractivity contribution in [2.45, 2.75) is 31.7 Å². The van der Waals surface area contributed by atoms with Crippen LogP contribution in [0, 0.1) is 6.92 Å². The maximum absolute atomic E-state index is 13.0. The molecule has 0 saturated heterocycles. The lowest BCUT2D eigenvalue weighted by molar-refractivity contribution is 0.177. The molecule has 7 heteroatoms. The van der Waals surface area contributed by atoms with Crippen LogP contribution in [-0.2, 0) is 21.3 Å². The third-order valence-electron chi connectivity index (χ3n) is 3.73. The number of sulfonamides is 1. The molecule has 0 atom stereocenters. The molecule has 0 aliphatic heterocycles. The van der Waals surface area contributed by atoms with Gasteiger partial charge in [0.2, 0.25) is 10.0 Å². The number of hydrogen-bond donors (Lipinski definition) is 0. The van der Waals surface area contributed by atoms with Gasteiger partial charge in [0.05, 0.1) is 30.6 Å². The van der Waals surface area contributed by atoms with Gasteiger partial charge in [-0.05, 0) is 43.2 Å². The second-order valence-corrected chi connectivity index (χ2v) is 7.68. The van der Waals surface area contributed by atoms with Crippen molar-refractivity contribution in [3.8, 4) is 5.75 Å². The minimum atomic E-state index is -3.65. The molecular formula is C18H25NO5S. The second-order valence-electron chi connectivity index (χ2n) is 5.74. The third kappa shape index (κ3) is 5.07. The van der Waals surface area contributed by atoms with Crippen LogP contribution >= 0.6 is 0 Å². The smallest absolute Gasteiger partial charge is 0.243 e. The monoisotopic (exact) mass is 367 g/mol. The Kier molecular flexibility index (Phi) is 7.04. The summed E-state index contributed by atoms with van der Waals surface area (Å²) in [6.45, 7) is 5.28. The summed E-state index contributed by atoms with van der Waals surface area (Å²) in [6, 6.07) is 6.70. The lowest BCUT2D eigenvalue weighted by Gasteiger charge is -2.22. The average Bonchev–Trinajstić information content (AvgIpc) is 3.10. The molecule has 0 radical (unpaired) electrons. The Morgan fingerprint density at radius 2 is 2.00 bits per heavy atom. The first-order valence-corrected chi connectivity index (χ1v) is 9.66. The van der Waals surface area contributed by atoms with Gasteiger partial charge < -0.3 is 13.9 Å². The molecule has 0 aliphatic rings. The number of hydrogen-bond acceptors (Lipinski definition) is 5. The molecule has 0 bridgehead atoms. The van der Waals surface area contributed by atoms with Crippen molar-refractivity contribution in [2.75, 3.05) is 26.9 Å². The topological polar surface area (TPSA) is 69.0 Å². The van der Waals surface area contributed by atoms with E-state index >= 15 is 0 Å². The van der Waals surface area contributed by atoms with Crippen molar-refractivity contribution in [1.82, 2.24) is 4.31 Å². The molecule has 1 aromatic carbocycles. The lowest BCUT2D eigenvalue weighted by atomic mass is 10.2. The van der Waals surface area contributed by atoms with Crippen LogP contribution in [-0.4, -0.2) is 39.6 Å². The van der Waals surface area contributed by atoms with E-state index in [1.165, 1.54) is 10.6 Å². The predicted molar refractivity (Wildman–Crippen MR) is 95.1 cm³/mol. The van der Waals surface area contributed by atoms with Crippen molar-refractivity contribution in [3.05, 3.63) is 47.9 Å². The number of ether oxygens (including phenoxy) is 2. The van der Waals surface area contributed by atoms with Crippen LogP contribution in [0.15, 0.2) is 46.1 Å². The number of benzene rings is 1.